The second kappa shape index (κ2) is 9.85. The number of rotatable bonds is 10. The molecule has 0 amide bonds. The molecule has 1 heterocycles. The largest absolute Gasteiger partial charge is 0.493 e. The molecule has 0 fully saturated rings. The van der Waals surface area contributed by atoms with Crippen molar-refractivity contribution in [1.29, 1.82) is 0 Å². The Hall–Kier alpha value is -2.49. The van der Waals surface area contributed by atoms with E-state index in [0.717, 1.165) is 54.7 Å². The molecule has 0 saturated heterocycles. The van der Waals surface area contributed by atoms with Crippen molar-refractivity contribution in [3.8, 4) is 11.5 Å². The Balaban J connectivity index is 1.59. The molecule has 0 bridgehead atoms. The first-order chi connectivity index (χ1) is 12.5. The van der Waals surface area contributed by atoms with Gasteiger partial charge in [-0.2, -0.15) is 0 Å². The highest BCUT2D eigenvalue weighted by molar-refractivity contribution is 5.86. The number of unbranched alkanes of at least 4 members (excludes halogenated alkanes) is 4. The van der Waals surface area contributed by atoms with Crippen molar-refractivity contribution in [2.45, 2.75) is 46.0 Å². The van der Waals surface area contributed by atoms with Crippen molar-refractivity contribution in [2.75, 3.05) is 13.2 Å². The van der Waals surface area contributed by atoms with Gasteiger partial charge in [-0.1, -0.05) is 32.4 Å². The van der Waals surface area contributed by atoms with E-state index in [0.29, 0.717) is 24.5 Å². The van der Waals surface area contributed by atoms with Gasteiger partial charge in [-0.05, 0) is 50.5 Å². The van der Waals surface area contributed by atoms with E-state index in [9.17, 15) is 4.79 Å². The van der Waals surface area contributed by atoms with Crippen molar-refractivity contribution in [2.24, 2.45) is 0 Å². The molecular formula is C22H28O4. The molecule has 0 radical (unpaired) electrons. The van der Waals surface area contributed by atoms with Gasteiger partial charge in [0.1, 0.15) is 17.3 Å². The van der Waals surface area contributed by atoms with E-state index in [-0.39, 0.29) is 5.97 Å². The summed E-state index contributed by atoms with van der Waals surface area (Å²) >= 11 is 0. The summed E-state index contributed by atoms with van der Waals surface area (Å²) in [5, 5.41) is 0. The van der Waals surface area contributed by atoms with Crippen LogP contribution in [0.25, 0.3) is 5.57 Å². The van der Waals surface area contributed by atoms with Gasteiger partial charge in [0.2, 0.25) is 0 Å². The third-order valence-electron chi connectivity index (χ3n) is 4.14. The first-order valence-electron chi connectivity index (χ1n) is 9.12. The molecule has 4 nitrogen and oxygen atoms in total. The SMILES string of the molecule is C=C1C=C(C)c2ccc(OCCCCCCCOC(=O)C(=C)C)cc2O1. The maximum atomic E-state index is 11.2. The monoisotopic (exact) mass is 356 g/mol. The van der Waals surface area contributed by atoms with Crippen molar-refractivity contribution >= 4 is 11.5 Å². The van der Waals surface area contributed by atoms with Gasteiger partial charge in [0.05, 0.1) is 13.2 Å². The molecule has 1 aromatic rings. The predicted molar refractivity (Wildman–Crippen MR) is 104 cm³/mol. The minimum Gasteiger partial charge on any atom is -0.493 e. The van der Waals surface area contributed by atoms with Gasteiger partial charge in [-0.25, -0.2) is 4.79 Å². The molecule has 2 rings (SSSR count). The van der Waals surface area contributed by atoms with E-state index in [1.54, 1.807) is 6.92 Å². The number of hydrogen-bond acceptors (Lipinski definition) is 4. The number of allylic oxidation sites excluding steroid dienone is 2. The Morgan fingerprint density at radius 2 is 1.81 bits per heavy atom. The van der Waals surface area contributed by atoms with Gasteiger partial charge >= 0.3 is 5.97 Å². The van der Waals surface area contributed by atoms with E-state index >= 15 is 0 Å². The van der Waals surface area contributed by atoms with E-state index in [2.05, 4.69) is 13.2 Å². The zero-order valence-corrected chi connectivity index (χ0v) is 15.8. The number of benzene rings is 1. The summed E-state index contributed by atoms with van der Waals surface area (Å²) < 4.78 is 16.5. The highest BCUT2D eigenvalue weighted by Gasteiger charge is 2.13. The van der Waals surface area contributed by atoms with Crippen molar-refractivity contribution < 1.29 is 19.0 Å². The van der Waals surface area contributed by atoms with Gasteiger partial charge < -0.3 is 14.2 Å². The van der Waals surface area contributed by atoms with Crippen LogP contribution in [0.5, 0.6) is 11.5 Å². The average Bonchev–Trinajstić information content (AvgIpc) is 2.59. The van der Waals surface area contributed by atoms with Crippen molar-refractivity contribution in [3.05, 3.63) is 54.3 Å². The van der Waals surface area contributed by atoms with Crippen LogP contribution in [0.15, 0.2) is 48.8 Å². The lowest BCUT2D eigenvalue weighted by atomic mass is 10.0. The minimum atomic E-state index is -0.304. The van der Waals surface area contributed by atoms with E-state index in [4.69, 9.17) is 14.2 Å². The van der Waals surface area contributed by atoms with E-state index < -0.39 is 0 Å². The molecule has 0 unspecified atom stereocenters. The topological polar surface area (TPSA) is 44.8 Å². The highest BCUT2D eigenvalue weighted by atomic mass is 16.5. The van der Waals surface area contributed by atoms with Crippen LogP contribution in [-0.4, -0.2) is 19.2 Å². The van der Waals surface area contributed by atoms with Crippen molar-refractivity contribution in [3.63, 3.8) is 0 Å². The Labute approximate surface area is 156 Å². The molecule has 140 valence electrons. The average molecular weight is 356 g/mol. The summed E-state index contributed by atoms with van der Waals surface area (Å²) in [6, 6.07) is 5.92. The quantitative estimate of drug-likeness (QED) is 0.318. The fourth-order valence-corrected chi connectivity index (χ4v) is 2.71. The Kier molecular flexibility index (Phi) is 7.52. The highest BCUT2D eigenvalue weighted by Crippen LogP contribution is 2.35. The van der Waals surface area contributed by atoms with Gasteiger partial charge in [0.25, 0.3) is 0 Å². The van der Waals surface area contributed by atoms with Crippen LogP contribution < -0.4 is 9.47 Å². The molecule has 0 aromatic heterocycles. The molecule has 1 aromatic carbocycles. The molecule has 0 atom stereocenters. The number of carbonyl (C=O) groups excluding carboxylic acids is 1. The third-order valence-corrected chi connectivity index (χ3v) is 4.14. The van der Waals surface area contributed by atoms with Gasteiger partial charge in [-0.15, -0.1) is 0 Å². The standard InChI is InChI=1S/C22H28O4/c1-16(2)22(23)25-13-9-7-5-6-8-12-24-19-10-11-20-17(3)14-18(4)26-21(20)15-19/h10-11,14-15H,1,4-9,12-13H2,2-3H3. The Morgan fingerprint density at radius 3 is 2.54 bits per heavy atom. The van der Waals surface area contributed by atoms with Gasteiger partial charge in [-0.3, -0.25) is 0 Å². The van der Waals surface area contributed by atoms with Gasteiger partial charge in [0, 0.05) is 17.2 Å². The smallest absolute Gasteiger partial charge is 0.333 e. The summed E-state index contributed by atoms with van der Waals surface area (Å²) in [4.78, 5) is 11.2. The number of hydrogen-bond donors (Lipinski definition) is 0. The van der Waals surface area contributed by atoms with Gasteiger partial charge in [0.15, 0.2) is 0 Å². The number of ether oxygens (including phenoxy) is 3. The second-order valence-electron chi connectivity index (χ2n) is 6.59. The van der Waals surface area contributed by atoms with Crippen LogP contribution in [0.3, 0.4) is 0 Å². The van der Waals surface area contributed by atoms with Crippen LogP contribution >= 0.6 is 0 Å². The van der Waals surface area contributed by atoms with E-state index in [1.165, 1.54) is 0 Å². The Bertz CT molecular complexity index is 700. The second-order valence-corrected chi connectivity index (χ2v) is 6.59. The molecule has 0 spiro atoms. The van der Waals surface area contributed by atoms with Crippen molar-refractivity contribution in [1.82, 2.24) is 0 Å². The summed E-state index contributed by atoms with van der Waals surface area (Å²) in [5.74, 6) is 1.97. The number of esters is 1. The maximum Gasteiger partial charge on any atom is 0.333 e. The zero-order chi connectivity index (χ0) is 18.9. The number of fused-ring (bicyclic) bond motifs is 1. The molecule has 1 aliphatic heterocycles. The first-order valence-corrected chi connectivity index (χ1v) is 9.12. The van der Waals surface area contributed by atoms with Crippen LogP contribution in [0.1, 0.15) is 51.5 Å². The normalized spacial score (nSPS) is 12.7. The predicted octanol–water partition coefficient (Wildman–Crippen LogP) is 5.44. The lowest BCUT2D eigenvalue weighted by molar-refractivity contribution is -0.139. The lowest BCUT2D eigenvalue weighted by Crippen LogP contribution is -2.06. The molecule has 0 N–H and O–H groups in total. The summed E-state index contributed by atoms with van der Waals surface area (Å²) in [6.45, 7) is 12.3. The lowest BCUT2D eigenvalue weighted by Gasteiger charge is -2.18. The Morgan fingerprint density at radius 1 is 1.12 bits per heavy atom. The molecular weight excluding hydrogens is 328 g/mol. The molecule has 26 heavy (non-hydrogen) atoms. The third kappa shape index (κ3) is 6.10. The van der Waals surface area contributed by atoms with E-state index in [1.807, 2.05) is 31.2 Å². The maximum absolute atomic E-state index is 11.2. The molecule has 4 heteroatoms. The van der Waals surface area contributed by atoms with Crippen LogP contribution in [0.4, 0.5) is 0 Å². The fraction of sp³-hybridized carbons (Fsp3) is 0.409. The van der Waals surface area contributed by atoms with Crippen LogP contribution in [0, 0.1) is 0 Å². The number of carbonyl (C=O) groups is 1. The molecule has 0 saturated carbocycles. The summed E-state index contributed by atoms with van der Waals surface area (Å²) in [7, 11) is 0. The van der Waals surface area contributed by atoms with Crippen LogP contribution in [-0.2, 0) is 9.53 Å². The minimum absolute atomic E-state index is 0.304. The first kappa shape index (κ1) is 19.8. The fourth-order valence-electron chi connectivity index (χ4n) is 2.71. The molecule has 1 aliphatic rings. The summed E-state index contributed by atoms with van der Waals surface area (Å²) in [6.07, 6.45) is 7.06. The van der Waals surface area contributed by atoms with Crippen LogP contribution in [0.2, 0.25) is 0 Å². The summed E-state index contributed by atoms with van der Waals surface area (Å²) in [5.41, 5.74) is 2.68. The zero-order valence-electron chi connectivity index (χ0n) is 15.8. The molecule has 0 aliphatic carbocycles.